The number of ether oxygens (including phenoxy) is 1. The van der Waals surface area contributed by atoms with Gasteiger partial charge in [0.1, 0.15) is 0 Å². The maximum atomic E-state index is 6.17. The first-order chi connectivity index (χ1) is 7.77. The van der Waals surface area contributed by atoms with E-state index < -0.39 is 0 Å². The zero-order valence-electron chi connectivity index (χ0n) is 9.01. The minimum Gasteiger partial charge on any atom is -0.377 e. The third kappa shape index (κ3) is 3.20. The highest BCUT2D eigenvalue weighted by Gasteiger charge is 2.14. The van der Waals surface area contributed by atoms with Crippen molar-refractivity contribution in [1.29, 1.82) is 0 Å². The minimum absolute atomic E-state index is 0.380. The van der Waals surface area contributed by atoms with E-state index in [0.717, 1.165) is 34.8 Å². The number of nitrogens with one attached hydrogen (secondary N) is 1. The Morgan fingerprint density at radius 3 is 3.12 bits per heavy atom. The van der Waals surface area contributed by atoms with Crippen LogP contribution in [-0.2, 0) is 11.3 Å². The van der Waals surface area contributed by atoms with Gasteiger partial charge in [-0.05, 0) is 40.4 Å². The molecule has 2 rings (SSSR count). The number of hydrogen-bond donors (Lipinski definition) is 1. The van der Waals surface area contributed by atoms with Crippen LogP contribution in [0.4, 0.5) is 0 Å². The first kappa shape index (κ1) is 12.4. The Balaban J connectivity index is 1.82. The van der Waals surface area contributed by atoms with Gasteiger partial charge in [0.15, 0.2) is 0 Å². The van der Waals surface area contributed by atoms with Gasteiger partial charge in [-0.25, -0.2) is 0 Å². The molecule has 88 valence electrons. The first-order valence-electron chi connectivity index (χ1n) is 5.52. The van der Waals surface area contributed by atoms with Crippen molar-refractivity contribution in [2.24, 2.45) is 0 Å². The van der Waals surface area contributed by atoms with Gasteiger partial charge in [-0.3, -0.25) is 0 Å². The molecule has 4 heteroatoms. The zero-order chi connectivity index (χ0) is 11.4. The summed E-state index contributed by atoms with van der Waals surface area (Å²) in [4.78, 5) is 0. The minimum atomic E-state index is 0.380. The van der Waals surface area contributed by atoms with E-state index in [1.165, 1.54) is 12.8 Å². The molecule has 1 aromatic carbocycles. The van der Waals surface area contributed by atoms with E-state index in [-0.39, 0.29) is 0 Å². The maximum absolute atomic E-state index is 6.17. The topological polar surface area (TPSA) is 21.3 Å². The lowest BCUT2D eigenvalue weighted by atomic mass is 10.2. The molecule has 1 aliphatic heterocycles. The van der Waals surface area contributed by atoms with Crippen LogP contribution in [0.3, 0.4) is 0 Å². The molecule has 2 nitrogen and oxygen atoms in total. The fraction of sp³-hybridized carbons (Fsp3) is 0.500. The average Bonchev–Trinajstić information content (AvgIpc) is 2.77. The van der Waals surface area contributed by atoms with Crippen LogP contribution in [0.1, 0.15) is 18.4 Å². The molecule has 1 fully saturated rings. The Labute approximate surface area is 109 Å². The first-order valence-corrected chi connectivity index (χ1v) is 6.69. The molecule has 0 radical (unpaired) electrons. The second-order valence-electron chi connectivity index (χ2n) is 3.98. The van der Waals surface area contributed by atoms with Gasteiger partial charge in [-0.2, -0.15) is 0 Å². The van der Waals surface area contributed by atoms with E-state index in [1.807, 2.05) is 18.2 Å². The Hall–Kier alpha value is -0.0900. The smallest absolute Gasteiger partial charge is 0.0700 e. The summed E-state index contributed by atoms with van der Waals surface area (Å²) >= 11 is 9.59. The number of rotatable bonds is 4. The van der Waals surface area contributed by atoms with Gasteiger partial charge in [-0.1, -0.05) is 23.7 Å². The second kappa shape index (κ2) is 6.01. The fourth-order valence-electron chi connectivity index (χ4n) is 1.86. The second-order valence-corrected chi connectivity index (χ2v) is 5.21. The van der Waals surface area contributed by atoms with Crippen LogP contribution in [0.25, 0.3) is 0 Å². The van der Waals surface area contributed by atoms with Gasteiger partial charge < -0.3 is 10.1 Å². The maximum Gasteiger partial charge on any atom is 0.0700 e. The van der Waals surface area contributed by atoms with Gasteiger partial charge in [0, 0.05) is 24.2 Å². The molecule has 1 saturated heterocycles. The molecule has 0 spiro atoms. The molecule has 0 aliphatic carbocycles. The van der Waals surface area contributed by atoms with E-state index in [0.29, 0.717) is 6.10 Å². The molecule has 16 heavy (non-hydrogen) atoms. The van der Waals surface area contributed by atoms with E-state index >= 15 is 0 Å². The van der Waals surface area contributed by atoms with E-state index in [9.17, 15) is 0 Å². The Morgan fingerprint density at radius 2 is 2.38 bits per heavy atom. The van der Waals surface area contributed by atoms with Gasteiger partial charge in [0.05, 0.1) is 11.1 Å². The number of benzene rings is 1. The number of halogens is 2. The summed E-state index contributed by atoms with van der Waals surface area (Å²) < 4.78 is 6.49. The van der Waals surface area contributed by atoms with Crippen molar-refractivity contribution in [2.75, 3.05) is 13.2 Å². The quantitative estimate of drug-likeness (QED) is 0.921. The van der Waals surface area contributed by atoms with Crippen LogP contribution < -0.4 is 5.32 Å². The summed E-state index contributed by atoms with van der Waals surface area (Å²) in [7, 11) is 0. The van der Waals surface area contributed by atoms with Gasteiger partial charge in [-0.15, -0.1) is 0 Å². The molecular formula is C12H15BrClNO. The van der Waals surface area contributed by atoms with E-state index in [2.05, 4.69) is 21.2 Å². The lowest BCUT2D eigenvalue weighted by Gasteiger charge is -2.11. The Bertz CT molecular complexity index is 353. The summed E-state index contributed by atoms with van der Waals surface area (Å²) in [6, 6.07) is 5.99. The van der Waals surface area contributed by atoms with Crippen molar-refractivity contribution in [1.82, 2.24) is 5.32 Å². The highest BCUT2D eigenvalue weighted by Crippen LogP contribution is 2.25. The fourth-order valence-corrected chi connectivity index (χ4v) is 2.46. The van der Waals surface area contributed by atoms with Crippen molar-refractivity contribution < 1.29 is 4.74 Å². The number of hydrogen-bond acceptors (Lipinski definition) is 2. The van der Waals surface area contributed by atoms with Crippen LogP contribution in [0, 0.1) is 0 Å². The highest BCUT2D eigenvalue weighted by atomic mass is 79.9. The van der Waals surface area contributed by atoms with Crippen LogP contribution >= 0.6 is 27.5 Å². The van der Waals surface area contributed by atoms with Crippen molar-refractivity contribution in [2.45, 2.75) is 25.5 Å². The third-order valence-corrected chi connectivity index (χ3v) is 4.08. The SMILES string of the molecule is Clc1c(Br)cccc1CNCC1CCCO1. The van der Waals surface area contributed by atoms with Crippen LogP contribution in [0.2, 0.25) is 5.02 Å². The zero-order valence-corrected chi connectivity index (χ0v) is 11.4. The predicted octanol–water partition coefficient (Wildman–Crippen LogP) is 3.37. The molecule has 1 aromatic rings. The summed E-state index contributed by atoms with van der Waals surface area (Å²) in [5.41, 5.74) is 1.12. The highest BCUT2D eigenvalue weighted by molar-refractivity contribution is 9.10. The standard InChI is InChI=1S/C12H15BrClNO/c13-11-5-1-3-9(12(11)14)7-15-8-10-4-2-6-16-10/h1,3,5,10,15H,2,4,6-8H2. The molecule has 1 atom stereocenters. The van der Waals surface area contributed by atoms with Crippen LogP contribution in [0.15, 0.2) is 22.7 Å². The van der Waals surface area contributed by atoms with Crippen LogP contribution in [-0.4, -0.2) is 19.3 Å². The van der Waals surface area contributed by atoms with Crippen molar-refractivity contribution in [3.05, 3.63) is 33.3 Å². The lowest BCUT2D eigenvalue weighted by molar-refractivity contribution is 0.110. The van der Waals surface area contributed by atoms with Crippen molar-refractivity contribution in [3.8, 4) is 0 Å². The van der Waals surface area contributed by atoms with Gasteiger partial charge >= 0.3 is 0 Å². The van der Waals surface area contributed by atoms with Crippen LogP contribution in [0.5, 0.6) is 0 Å². The molecule has 1 heterocycles. The normalized spacial score (nSPS) is 20.2. The molecular weight excluding hydrogens is 289 g/mol. The summed E-state index contributed by atoms with van der Waals surface area (Å²) in [6.07, 6.45) is 2.73. The Kier molecular flexibility index (Phi) is 4.65. The third-order valence-electron chi connectivity index (χ3n) is 2.74. The summed E-state index contributed by atoms with van der Waals surface area (Å²) in [5.74, 6) is 0. The average molecular weight is 305 g/mol. The molecule has 0 amide bonds. The monoisotopic (exact) mass is 303 g/mol. The van der Waals surface area contributed by atoms with E-state index in [4.69, 9.17) is 16.3 Å². The lowest BCUT2D eigenvalue weighted by Crippen LogP contribution is -2.25. The summed E-state index contributed by atoms with van der Waals surface area (Å²) in [5, 5.41) is 4.18. The molecule has 0 aromatic heterocycles. The molecule has 0 bridgehead atoms. The molecule has 1 N–H and O–H groups in total. The van der Waals surface area contributed by atoms with Gasteiger partial charge in [0.2, 0.25) is 0 Å². The molecule has 1 aliphatic rings. The van der Waals surface area contributed by atoms with Crippen molar-refractivity contribution >= 4 is 27.5 Å². The predicted molar refractivity (Wildman–Crippen MR) is 69.8 cm³/mol. The Morgan fingerprint density at radius 1 is 1.50 bits per heavy atom. The summed E-state index contributed by atoms with van der Waals surface area (Å²) in [6.45, 7) is 2.60. The van der Waals surface area contributed by atoms with Crippen molar-refractivity contribution in [3.63, 3.8) is 0 Å². The largest absolute Gasteiger partial charge is 0.377 e. The van der Waals surface area contributed by atoms with E-state index in [1.54, 1.807) is 0 Å². The molecule has 0 saturated carbocycles. The molecule has 1 unspecified atom stereocenters. The van der Waals surface area contributed by atoms with Gasteiger partial charge in [0.25, 0.3) is 0 Å².